The van der Waals surface area contributed by atoms with Crippen molar-refractivity contribution in [3.05, 3.63) is 47.8 Å². The molecule has 4 rings (SSSR count). The van der Waals surface area contributed by atoms with Crippen LogP contribution in [0.2, 0.25) is 0 Å². The number of H-pyrrole nitrogens is 1. The maximum Gasteiger partial charge on any atom is 0.418 e. The van der Waals surface area contributed by atoms with Crippen molar-refractivity contribution in [2.45, 2.75) is 18.6 Å². The van der Waals surface area contributed by atoms with Crippen LogP contribution in [0.4, 0.5) is 27.6 Å². The van der Waals surface area contributed by atoms with Crippen molar-refractivity contribution in [1.29, 1.82) is 0 Å². The van der Waals surface area contributed by atoms with Gasteiger partial charge in [0.2, 0.25) is 12.3 Å². The summed E-state index contributed by atoms with van der Waals surface area (Å²) >= 11 is 0. The van der Waals surface area contributed by atoms with E-state index in [1.165, 1.54) is 0 Å². The van der Waals surface area contributed by atoms with Crippen LogP contribution >= 0.6 is 0 Å². The van der Waals surface area contributed by atoms with Crippen LogP contribution in [0.3, 0.4) is 0 Å². The van der Waals surface area contributed by atoms with Crippen LogP contribution < -0.4 is 20.7 Å². The molecule has 1 unspecified atom stereocenters. The van der Waals surface area contributed by atoms with Crippen molar-refractivity contribution in [2.24, 2.45) is 0 Å². The number of rotatable bonds is 5. The van der Waals surface area contributed by atoms with Gasteiger partial charge in [-0.15, -0.1) is 0 Å². The van der Waals surface area contributed by atoms with Crippen LogP contribution in [0.5, 0.6) is 11.5 Å². The van der Waals surface area contributed by atoms with Gasteiger partial charge in [-0.1, -0.05) is 0 Å². The molecule has 8 nitrogen and oxygen atoms in total. The standard InChI is InChI=1S/C15H8F5N3O2.C5H10N2O/c16-9-3-7(23-6-24)4-10(17)13(9)25-11-1-2-21-14-12(11)8(5-22-14)15(18,19)20;1-6-4-2-5(8)7-3-4/h1-6H,(H,21,22)(H,23,24);4,6H,2-3H2,1H3,(H,7,8). The first kappa shape index (κ1) is 23.9. The fourth-order valence-electron chi connectivity index (χ4n) is 3.06. The third-order valence-electron chi connectivity index (χ3n) is 4.66. The number of pyridine rings is 1. The molecular weight excluding hydrogens is 453 g/mol. The van der Waals surface area contributed by atoms with Crippen molar-refractivity contribution < 1.29 is 36.3 Å². The molecule has 0 spiro atoms. The van der Waals surface area contributed by atoms with Crippen LogP contribution in [0, 0.1) is 11.6 Å². The Kier molecular flexibility index (Phi) is 7.11. The molecule has 13 heteroatoms. The van der Waals surface area contributed by atoms with Crippen LogP contribution in [-0.2, 0) is 15.8 Å². The molecule has 0 bridgehead atoms. The first-order valence-electron chi connectivity index (χ1n) is 9.48. The number of carbonyl (C=O) groups excluding carboxylic acids is 2. The van der Waals surface area contributed by atoms with Gasteiger partial charge in [0.1, 0.15) is 11.4 Å². The molecule has 0 aliphatic carbocycles. The van der Waals surface area contributed by atoms with Gasteiger partial charge in [0.15, 0.2) is 17.4 Å². The van der Waals surface area contributed by atoms with E-state index >= 15 is 0 Å². The fourth-order valence-corrected chi connectivity index (χ4v) is 3.06. The molecule has 1 aliphatic heterocycles. The number of carbonyl (C=O) groups is 2. The van der Waals surface area contributed by atoms with Crippen molar-refractivity contribution in [3.63, 3.8) is 0 Å². The highest BCUT2D eigenvalue weighted by Gasteiger charge is 2.35. The highest BCUT2D eigenvalue weighted by Crippen LogP contribution is 2.40. The Morgan fingerprint density at radius 2 is 1.94 bits per heavy atom. The van der Waals surface area contributed by atoms with Gasteiger partial charge in [-0.3, -0.25) is 9.59 Å². The molecule has 0 radical (unpaired) electrons. The Morgan fingerprint density at radius 3 is 2.45 bits per heavy atom. The van der Waals surface area contributed by atoms with Crippen molar-refractivity contribution >= 4 is 29.0 Å². The van der Waals surface area contributed by atoms with E-state index in [0.29, 0.717) is 18.7 Å². The summed E-state index contributed by atoms with van der Waals surface area (Å²) in [4.78, 5) is 26.8. The molecule has 1 aromatic carbocycles. The lowest BCUT2D eigenvalue weighted by atomic mass is 10.2. The molecule has 2 amide bonds. The highest BCUT2D eigenvalue weighted by atomic mass is 19.4. The lowest BCUT2D eigenvalue weighted by molar-refractivity contribution is -0.136. The molecule has 1 aliphatic rings. The van der Waals surface area contributed by atoms with E-state index in [2.05, 4.69) is 25.9 Å². The third kappa shape index (κ3) is 5.55. The van der Waals surface area contributed by atoms with Crippen LogP contribution in [0.1, 0.15) is 12.0 Å². The van der Waals surface area contributed by atoms with Gasteiger partial charge in [0, 0.05) is 49.2 Å². The predicted octanol–water partition coefficient (Wildman–Crippen LogP) is 3.31. The predicted molar refractivity (Wildman–Crippen MR) is 108 cm³/mol. The number of nitrogens with zero attached hydrogens (tertiary/aromatic N) is 1. The first-order valence-corrected chi connectivity index (χ1v) is 9.48. The minimum absolute atomic E-state index is 0.148. The number of anilines is 1. The van der Waals surface area contributed by atoms with Crippen molar-refractivity contribution in [2.75, 3.05) is 18.9 Å². The second-order valence-electron chi connectivity index (χ2n) is 6.86. The van der Waals surface area contributed by atoms with Crippen LogP contribution in [0.15, 0.2) is 30.6 Å². The number of hydrogen-bond donors (Lipinski definition) is 4. The van der Waals surface area contributed by atoms with Gasteiger partial charge in [-0.05, 0) is 13.1 Å². The Morgan fingerprint density at radius 1 is 1.24 bits per heavy atom. The van der Waals surface area contributed by atoms with E-state index in [9.17, 15) is 31.5 Å². The Labute approximate surface area is 183 Å². The molecule has 1 fully saturated rings. The molecule has 3 aromatic rings. The topological polar surface area (TPSA) is 108 Å². The van der Waals surface area contributed by atoms with E-state index in [0.717, 1.165) is 30.9 Å². The van der Waals surface area contributed by atoms with Crippen LogP contribution in [-0.4, -0.2) is 41.9 Å². The van der Waals surface area contributed by atoms with Crippen molar-refractivity contribution in [1.82, 2.24) is 20.6 Å². The molecule has 2 aromatic heterocycles. The SMILES string of the molecule is CNC1CNC(=O)C1.O=CNc1cc(F)c(Oc2ccnc3[nH]cc(C(F)(F)F)c23)c(F)c1. The maximum absolute atomic E-state index is 14.0. The second kappa shape index (κ2) is 9.81. The molecule has 176 valence electrons. The number of halogens is 5. The quantitative estimate of drug-likeness (QED) is 0.337. The molecule has 1 atom stereocenters. The summed E-state index contributed by atoms with van der Waals surface area (Å²) in [5.74, 6) is -3.56. The van der Waals surface area contributed by atoms with E-state index < -0.39 is 40.3 Å². The fraction of sp³-hybridized carbons (Fsp3) is 0.250. The Balaban J connectivity index is 0.000000323. The van der Waals surface area contributed by atoms with Gasteiger partial charge in [-0.25, -0.2) is 13.8 Å². The van der Waals surface area contributed by atoms with Crippen molar-refractivity contribution in [3.8, 4) is 11.5 Å². The van der Waals surface area contributed by atoms with Gasteiger partial charge in [0.05, 0.1) is 10.9 Å². The highest BCUT2D eigenvalue weighted by molar-refractivity contribution is 5.87. The Hall–Kier alpha value is -3.74. The number of amides is 2. The zero-order valence-corrected chi connectivity index (χ0v) is 17.0. The van der Waals surface area contributed by atoms with Crippen LogP contribution in [0.25, 0.3) is 11.0 Å². The summed E-state index contributed by atoms with van der Waals surface area (Å²) in [6, 6.07) is 2.96. The number of nitrogens with one attached hydrogen (secondary N) is 4. The summed E-state index contributed by atoms with van der Waals surface area (Å²) in [6.45, 7) is 0.787. The zero-order valence-electron chi connectivity index (χ0n) is 17.0. The molecule has 1 saturated heterocycles. The summed E-state index contributed by atoms with van der Waals surface area (Å²) in [7, 11) is 1.87. The number of fused-ring (bicyclic) bond motifs is 1. The number of aromatic nitrogens is 2. The number of aromatic amines is 1. The number of hydrogen-bond acceptors (Lipinski definition) is 5. The average molecular weight is 471 g/mol. The molecule has 3 heterocycles. The third-order valence-corrected chi connectivity index (χ3v) is 4.66. The van der Waals surface area contributed by atoms with E-state index in [4.69, 9.17) is 4.74 Å². The zero-order chi connectivity index (χ0) is 24.2. The number of ether oxygens (including phenoxy) is 1. The minimum Gasteiger partial charge on any atom is -0.450 e. The monoisotopic (exact) mass is 471 g/mol. The lowest BCUT2D eigenvalue weighted by Gasteiger charge is -2.12. The summed E-state index contributed by atoms with van der Waals surface area (Å²) in [6.07, 6.45) is -2.04. The average Bonchev–Trinajstić information content (AvgIpc) is 3.38. The molecule has 0 saturated carbocycles. The summed E-state index contributed by atoms with van der Waals surface area (Å²) in [5, 5.41) is 7.33. The van der Waals surface area contributed by atoms with Gasteiger partial charge in [0.25, 0.3) is 0 Å². The Bertz CT molecular complexity index is 1140. The number of alkyl halides is 3. The summed E-state index contributed by atoms with van der Waals surface area (Å²) in [5.41, 5.74) is -1.40. The minimum atomic E-state index is -4.71. The maximum atomic E-state index is 14.0. The number of benzene rings is 1. The van der Waals surface area contributed by atoms with E-state index in [1.54, 1.807) is 0 Å². The molecular formula is C20H18F5N5O3. The smallest absolute Gasteiger partial charge is 0.418 e. The lowest BCUT2D eigenvalue weighted by Crippen LogP contribution is -2.26. The first-order chi connectivity index (χ1) is 15.6. The van der Waals surface area contributed by atoms with E-state index in [1.807, 2.05) is 7.05 Å². The van der Waals surface area contributed by atoms with Gasteiger partial charge >= 0.3 is 6.18 Å². The van der Waals surface area contributed by atoms with E-state index in [-0.39, 0.29) is 23.7 Å². The normalized spacial score (nSPS) is 15.6. The molecule has 33 heavy (non-hydrogen) atoms. The number of likely N-dealkylation sites (N-methyl/N-ethyl adjacent to an activating group) is 1. The second-order valence-corrected chi connectivity index (χ2v) is 6.86. The molecule has 4 N–H and O–H groups in total. The van der Waals surface area contributed by atoms with Gasteiger partial charge < -0.3 is 25.7 Å². The largest absolute Gasteiger partial charge is 0.450 e. The summed E-state index contributed by atoms with van der Waals surface area (Å²) < 4.78 is 72.3. The van der Waals surface area contributed by atoms with Gasteiger partial charge in [-0.2, -0.15) is 13.2 Å².